The van der Waals surface area contributed by atoms with Gasteiger partial charge in [0.05, 0.1) is 50.8 Å². The molecule has 0 radical (unpaired) electrons. The Labute approximate surface area is 142 Å². The van der Waals surface area contributed by atoms with Gasteiger partial charge >= 0.3 is 0 Å². The maximum Gasteiger partial charge on any atom is 0.190 e. The van der Waals surface area contributed by atoms with Crippen LogP contribution in [0.3, 0.4) is 0 Å². The van der Waals surface area contributed by atoms with Gasteiger partial charge in [0, 0.05) is 0 Å². The van der Waals surface area contributed by atoms with Gasteiger partial charge in [0.2, 0.25) is 0 Å². The van der Waals surface area contributed by atoms with Crippen molar-refractivity contribution in [2.24, 2.45) is 10.2 Å². The molecule has 0 N–H and O–H groups in total. The largest absolute Gasteiger partial charge is 0.372 e. The lowest BCUT2D eigenvalue weighted by atomic mass is 9.97. The number of rotatable bonds is 10. The molecule has 2 saturated heterocycles. The maximum absolute atomic E-state index is 9.48. The van der Waals surface area contributed by atoms with Crippen LogP contribution >= 0.6 is 0 Å². The van der Waals surface area contributed by atoms with Crippen molar-refractivity contribution >= 4 is 0 Å². The number of nitriles is 2. The van der Waals surface area contributed by atoms with Crippen LogP contribution in [0.5, 0.6) is 0 Å². The molecule has 6 unspecified atom stereocenters. The summed E-state index contributed by atoms with van der Waals surface area (Å²) in [5, 5.41) is 27.3. The molecule has 2 aliphatic rings. The number of hydrogen-bond donors (Lipinski definition) is 0. The van der Waals surface area contributed by atoms with Crippen molar-refractivity contribution in [2.45, 2.75) is 63.2 Å². The van der Waals surface area contributed by atoms with Crippen LogP contribution in [0.15, 0.2) is 10.2 Å². The van der Waals surface area contributed by atoms with Gasteiger partial charge in [-0.3, -0.25) is 0 Å². The number of ether oxygens (including phenoxy) is 4. The number of azo groups is 1. The van der Waals surface area contributed by atoms with Crippen LogP contribution in [0.1, 0.15) is 27.7 Å². The summed E-state index contributed by atoms with van der Waals surface area (Å²) >= 11 is 0. The SMILES string of the molecule is CC(OCC1CO1)C(C)(C#N)/N=N/C(C)(C#N)C(C)OCC1CO1. The first-order valence-corrected chi connectivity index (χ1v) is 8.06. The van der Waals surface area contributed by atoms with Gasteiger partial charge in [0.25, 0.3) is 0 Å². The summed E-state index contributed by atoms with van der Waals surface area (Å²) in [7, 11) is 0. The van der Waals surface area contributed by atoms with Crippen molar-refractivity contribution in [2.75, 3.05) is 26.4 Å². The second kappa shape index (κ2) is 7.54. The van der Waals surface area contributed by atoms with Gasteiger partial charge in [-0.1, -0.05) is 0 Å². The molecule has 0 saturated carbocycles. The molecule has 8 heteroatoms. The zero-order valence-electron chi connectivity index (χ0n) is 14.6. The molecule has 0 amide bonds. The van der Waals surface area contributed by atoms with E-state index in [9.17, 15) is 10.5 Å². The Kier molecular flexibility index (Phi) is 5.89. The first-order chi connectivity index (χ1) is 11.3. The van der Waals surface area contributed by atoms with Crippen LogP contribution in [0.4, 0.5) is 0 Å². The predicted molar refractivity (Wildman–Crippen MR) is 83.2 cm³/mol. The van der Waals surface area contributed by atoms with Crippen LogP contribution in [-0.4, -0.2) is 61.9 Å². The molecule has 2 fully saturated rings. The van der Waals surface area contributed by atoms with Crippen molar-refractivity contribution in [3.63, 3.8) is 0 Å². The second-order valence-corrected chi connectivity index (χ2v) is 6.58. The quantitative estimate of drug-likeness (QED) is 0.442. The van der Waals surface area contributed by atoms with Crippen molar-refractivity contribution in [1.82, 2.24) is 0 Å². The van der Waals surface area contributed by atoms with Gasteiger partial charge in [0.15, 0.2) is 11.1 Å². The second-order valence-electron chi connectivity index (χ2n) is 6.58. The van der Waals surface area contributed by atoms with Gasteiger partial charge < -0.3 is 18.9 Å². The summed E-state index contributed by atoms with van der Waals surface area (Å²) in [5.41, 5.74) is -2.38. The first kappa shape index (κ1) is 18.8. The smallest absolute Gasteiger partial charge is 0.190 e. The molecule has 0 bridgehead atoms. The molecular formula is C16H24N4O4. The fraction of sp³-hybridized carbons (Fsp3) is 0.875. The Balaban J connectivity index is 1.98. The minimum absolute atomic E-state index is 0.106. The molecule has 2 heterocycles. The zero-order chi connectivity index (χ0) is 17.8. The molecule has 0 aromatic carbocycles. The monoisotopic (exact) mass is 336 g/mol. The Morgan fingerprint density at radius 1 is 0.958 bits per heavy atom. The Hall–Kier alpha value is -1.58. The Morgan fingerprint density at radius 3 is 1.54 bits per heavy atom. The maximum atomic E-state index is 9.48. The van der Waals surface area contributed by atoms with E-state index in [1.807, 2.05) is 0 Å². The third-order valence-corrected chi connectivity index (χ3v) is 4.37. The average Bonchev–Trinajstić information content (AvgIpc) is 3.48. The highest BCUT2D eigenvalue weighted by Crippen LogP contribution is 2.25. The highest BCUT2D eigenvalue weighted by atomic mass is 16.6. The Morgan fingerprint density at radius 2 is 1.29 bits per heavy atom. The molecule has 0 aromatic rings. The summed E-state index contributed by atoms with van der Waals surface area (Å²) in [6.07, 6.45) is -0.742. The predicted octanol–water partition coefficient (Wildman–Crippen LogP) is 1.61. The van der Waals surface area contributed by atoms with E-state index in [1.54, 1.807) is 27.7 Å². The topological polar surface area (TPSA) is 116 Å². The lowest BCUT2D eigenvalue weighted by molar-refractivity contribution is 0.0139. The van der Waals surface area contributed by atoms with Gasteiger partial charge in [-0.05, 0) is 27.7 Å². The fourth-order valence-electron chi connectivity index (χ4n) is 1.75. The van der Waals surface area contributed by atoms with Crippen LogP contribution in [0, 0.1) is 22.7 Å². The number of nitrogens with zero attached hydrogens (tertiary/aromatic N) is 4. The molecule has 24 heavy (non-hydrogen) atoms. The normalized spacial score (nSPS) is 29.8. The summed E-state index contributed by atoms with van der Waals surface area (Å²) in [6.45, 7) is 9.01. The highest BCUT2D eigenvalue weighted by Gasteiger charge is 2.38. The highest BCUT2D eigenvalue weighted by molar-refractivity contribution is 5.12. The van der Waals surface area contributed by atoms with E-state index in [1.165, 1.54) is 0 Å². The summed E-state index contributed by atoms with van der Waals surface area (Å²) in [6, 6.07) is 4.24. The first-order valence-electron chi connectivity index (χ1n) is 8.06. The van der Waals surface area contributed by atoms with Gasteiger partial charge in [-0.15, -0.1) is 0 Å². The molecule has 0 aromatic heterocycles. The van der Waals surface area contributed by atoms with E-state index >= 15 is 0 Å². The fourth-order valence-corrected chi connectivity index (χ4v) is 1.75. The standard InChI is InChI=1S/C16H24N4O4/c1-11(21-5-13-7-23-13)15(3,9-17)19-20-16(4,10-18)12(2)22-6-14-8-24-14/h11-14H,5-8H2,1-4H3/b20-19+. The number of hydrogen-bond acceptors (Lipinski definition) is 8. The van der Waals surface area contributed by atoms with Gasteiger partial charge in [0.1, 0.15) is 12.2 Å². The number of epoxide rings is 2. The third-order valence-electron chi connectivity index (χ3n) is 4.37. The van der Waals surface area contributed by atoms with Gasteiger partial charge in [-0.2, -0.15) is 20.8 Å². The van der Waals surface area contributed by atoms with E-state index < -0.39 is 23.3 Å². The molecule has 2 rings (SSSR count). The zero-order valence-corrected chi connectivity index (χ0v) is 14.6. The molecule has 6 atom stereocenters. The van der Waals surface area contributed by atoms with Crippen molar-refractivity contribution in [3.05, 3.63) is 0 Å². The van der Waals surface area contributed by atoms with E-state index in [2.05, 4.69) is 22.4 Å². The van der Waals surface area contributed by atoms with Crippen LogP contribution < -0.4 is 0 Å². The Bertz CT molecular complexity index is 501. The van der Waals surface area contributed by atoms with Crippen LogP contribution in [-0.2, 0) is 18.9 Å². The molecular weight excluding hydrogens is 312 g/mol. The van der Waals surface area contributed by atoms with E-state index in [-0.39, 0.29) is 12.2 Å². The minimum atomic E-state index is -1.19. The van der Waals surface area contributed by atoms with E-state index in [0.29, 0.717) is 26.4 Å². The van der Waals surface area contributed by atoms with E-state index in [4.69, 9.17) is 18.9 Å². The molecule has 2 aliphatic heterocycles. The van der Waals surface area contributed by atoms with Crippen molar-refractivity contribution in [1.29, 1.82) is 10.5 Å². The summed E-state index contributed by atoms with van der Waals surface area (Å²) < 4.78 is 21.4. The lowest BCUT2D eigenvalue weighted by Crippen LogP contribution is -2.40. The molecule has 8 nitrogen and oxygen atoms in total. The molecule has 132 valence electrons. The van der Waals surface area contributed by atoms with Crippen LogP contribution in [0.2, 0.25) is 0 Å². The lowest BCUT2D eigenvalue weighted by Gasteiger charge is -2.27. The van der Waals surface area contributed by atoms with Crippen LogP contribution in [0.25, 0.3) is 0 Å². The minimum Gasteiger partial charge on any atom is -0.372 e. The summed E-state index contributed by atoms with van der Waals surface area (Å²) in [4.78, 5) is 0. The molecule has 0 spiro atoms. The average molecular weight is 336 g/mol. The molecule has 0 aliphatic carbocycles. The van der Waals surface area contributed by atoms with Crippen molar-refractivity contribution in [3.8, 4) is 12.1 Å². The third kappa shape index (κ3) is 4.96. The van der Waals surface area contributed by atoms with Crippen molar-refractivity contribution < 1.29 is 18.9 Å². The summed E-state index contributed by atoms with van der Waals surface area (Å²) in [5.74, 6) is 0. The van der Waals surface area contributed by atoms with Gasteiger partial charge in [-0.25, -0.2) is 0 Å². The van der Waals surface area contributed by atoms with E-state index in [0.717, 1.165) is 0 Å².